The Morgan fingerprint density at radius 1 is 1.15 bits per heavy atom. The topological polar surface area (TPSA) is 99.9 Å². The van der Waals surface area contributed by atoms with Crippen molar-refractivity contribution in [2.75, 3.05) is 13.2 Å². The third-order valence-corrected chi connectivity index (χ3v) is 7.24. The number of nitrogens with zero attached hydrogens (tertiary/aromatic N) is 5. The van der Waals surface area contributed by atoms with Crippen LogP contribution in [-0.2, 0) is 6.54 Å². The van der Waals surface area contributed by atoms with Gasteiger partial charge < -0.3 is 10.1 Å². The smallest absolute Gasteiger partial charge is 0.252 e. The number of aryl methyl sites for hydroxylation is 2. The number of tetrazole rings is 1. The van der Waals surface area contributed by atoms with Gasteiger partial charge in [-0.05, 0) is 84.2 Å². The minimum atomic E-state index is -0.0702. The Morgan fingerprint density at radius 3 is 2.59 bits per heavy atom. The summed E-state index contributed by atoms with van der Waals surface area (Å²) in [5.74, 6) is 1.10. The summed E-state index contributed by atoms with van der Waals surface area (Å²) in [6.45, 7) is 9.72. The maximum Gasteiger partial charge on any atom is 0.252 e. The zero-order valence-electron chi connectivity index (χ0n) is 20.9. The van der Waals surface area contributed by atoms with E-state index in [-0.39, 0.29) is 24.1 Å². The number of aromatic nitrogens is 5. The van der Waals surface area contributed by atoms with Crippen LogP contribution in [0.2, 0.25) is 0 Å². The molecule has 2 aromatic heterocycles. The minimum Gasteiger partial charge on any atom is -0.396 e. The quantitative estimate of drug-likeness (QED) is 0.490. The largest absolute Gasteiger partial charge is 0.396 e. The molecule has 0 saturated heterocycles. The lowest BCUT2D eigenvalue weighted by atomic mass is 9.94. The Hall–Kier alpha value is -2.58. The first-order valence-electron chi connectivity index (χ1n) is 12.6. The van der Waals surface area contributed by atoms with Gasteiger partial charge in [0.25, 0.3) is 5.56 Å². The third kappa shape index (κ3) is 5.23. The summed E-state index contributed by atoms with van der Waals surface area (Å²) in [6.07, 6.45) is 6.50. The molecule has 2 heterocycles. The van der Waals surface area contributed by atoms with Crippen LogP contribution in [0.5, 0.6) is 0 Å². The van der Waals surface area contributed by atoms with E-state index in [0.717, 1.165) is 40.7 Å². The summed E-state index contributed by atoms with van der Waals surface area (Å²) in [5.41, 5.74) is 3.87. The predicted octanol–water partition coefficient (Wildman–Crippen LogP) is 4.22. The van der Waals surface area contributed by atoms with Crippen LogP contribution < -0.4 is 5.56 Å². The Kier molecular flexibility index (Phi) is 7.78. The summed E-state index contributed by atoms with van der Waals surface area (Å²) < 4.78 is 2.03. The van der Waals surface area contributed by atoms with Crippen LogP contribution in [0.4, 0.5) is 0 Å². The van der Waals surface area contributed by atoms with Crippen LogP contribution in [0, 0.1) is 19.8 Å². The Labute approximate surface area is 201 Å². The predicted molar refractivity (Wildman–Crippen MR) is 134 cm³/mol. The number of hydrogen-bond donors (Lipinski definition) is 2. The van der Waals surface area contributed by atoms with Crippen molar-refractivity contribution in [1.29, 1.82) is 0 Å². The fourth-order valence-corrected chi connectivity index (χ4v) is 5.31. The highest BCUT2D eigenvalue weighted by Crippen LogP contribution is 2.34. The highest BCUT2D eigenvalue weighted by Gasteiger charge is 2.32. The number of benzene rings is 1. The molecule has 8 nitrogen and oxygen atoms in total. The zero-order valence-corrected chi connectivity index (χ0v) is 20.9. The van der Waals surface area contributed by atoms with E-state index in [1.165, 1.54) is 24.8 Å². The molecule has 4 rings (SSSR count). The van der Waals surface area contributed by atoms with Gasteiger partial charge in [-0.2, -0.15) is 0 Å². The lowest BCUT2D eigenvalue weighted by molar-refractivity contribution is 0.118. The number of aliphatic hydroxyl groups excluding tert-OH is 1. The Balaban J connectivity index is 1.70. The monoisotopic (exact) mass is 466 g/mol. The lowest BCUT2D eigenvalue weighted by Crippen LogP contribution is -2.37. The van der Waals surface area contributed by atoms with Gasteiger partial charge in [0.15, 0.2) is 5.82 Å². The summed E-state index contributed by atoms with van der Waals surface area (Å²) in [4.78, 5) is 18.4. The summed E-state index contributed by atoms with van der Waals surface area (Å²) in [6, 6.07) is 6.45. The molecule has 1 atom stereocenters. The van der Waals surface area contributed by atoms with Crippen LogP contribution in [0.3, 0.4) is 0 Å². The zero-order chi connectivity index (χ0) is 24.2. The minimum absolute atomic E-state index is 0.0571. The number of H-pyrrole nitrogens is 1. The molecule has 0 unspecified atom stereocenters. The molecule has 0 bridgehead atoms. The van der Waals surface area contributed by atoms with E-state index >= 15 is 0 Å². The van der Waals surface area contributed by atoms with Crippen molar-refractivity contribution in [3.8, 4) is 0 Å². The normalized spacial score (nSPS) is 16.1. The molecular weight excluding hydrogens is 428 g/mol. The van der Waals surface area contributed by atoms with Crippen LogP contribution >= 0.6 is 0 Å². The van der Waals surface area contributed by atoms with Gasteiger partial charge >= 0.3 is 0 Å². The van der Waals surface area contributed by atoms with Crippen molar-refractivity contribution >= 4 is 10.9 Å². The van der Waals surface area contributed by atoms with Crippen molar-refractivity contribution in [2.24, 2.45) is 5.92 Å². The molecule has 0 spiro atoms. The van der Waals surface area contributed by atoms with Crippen molar-refractivity contribution in [1.82, 2.24) is 30.1 Å². The van der Waals surface area contributed by atoms with E-state index in [1.807, 2.05) is 16.8 Å². The average molecular weight is 467 g/mol. The van der Waals surface area contributed by atoms with Gasteiger partial charge in [-0.25, -0.2) is 4.68 Å². The molecule has 1 aliphatic rings. The second kappa shape index (κ2) is 10.8. The molecule has 34 heavy (non-hydrogen) atoms. The molecule has 0 radical (unpaired) electrons. The summed E-state index contributed by atoms with van der Waals surface area (Å²) in [5, 5.41) is 23.6. The van der Waals surface area contributed by atoms with Gasteiger partial charge in [0, 0.05) is 30.8 Å². The molecule has 1 aromatic carbocycles. The lowest BCUT2D eigenvalue weighted by Gasteiger charge is -2.34. The van der Waals surface area contributed by atoms with E-state index in [2.05, 4.69) is 59.2 Å². The fraction of sp³-hybridized carbons (Fsp3) is 0.615. The van der Waals surface area contributed by atoms with Gasteiger partial charge in [-0.3, -0.25) is 9.69 Å². The van der Waals surface area contributed by atoms with Crippen LogP contribution in [0.1, 0.15) is 87.0 Å². The van der Waals surface area contributed by atoms with Gasteiger partial charge in [0.2, 0.25) is 0 Å². The molecule has 0 aliphatic heterocycles. The van der Waals surface area contributed by atoms with Gasteiger partial charge in [0.1, 0.15) is 0 Å². The summed E-state index contributed by atoms with van der Waals surface area (Å²) in [7, 11) is 0. The number of aliphatic hydroxyl groups is 1. The number of nitrogens with one attached hydrogen (secondary N) is 1. The van der Waals surface area contributed by atoms with Crippen molar-refractivity contribution in [2.45, 2.75) is 84.8 Å². The summed E-state index contributed by atoms with van der Waals surface area (Å²) >= 11 is 0. The molecule has 2 N–H and O–H groups in total. The van der Waals surface area contributed by atoms with E-state index in [1.54, 1.807) is 0 Å². The molecule has 184 valence electrons. The van der Waals surface area contributed by atoms with E-state index in [0.29, 0.717) is 25.6 Å². The van der Waals surface area contributed by atoms with E-state index < -0.39 is 0 Å². The fourth-order valence-electron chi connectivity index (χ4n) is 5.31. The first-order valence-corrected chi connectivity index (χ1v) is 12.6. The maximum atomic E-state index is 13.1. The van der Waals surface area contributed by atoms with Gasteiger partial charge in [0.05, 0.1) is 12.1 Å². The molecule has 3 aromatic rings. The molecule has 8 heteroatoms. The Morgan fingerprint density at radius 2 is 1.88 bits per heavy atom. The van der Waals surface area contributed by atoms with Crippen molar-refractivity contribution < 1.29 is 5.11 Å². The van der Waals surface area contributed by atoms with E-state index in [9.17, 15) is 9.90 Å². The van der Waals surface area contributed by atoms with Gasteiger partial charge in [-0.1, -0.05) is 33.1 Å². The average Bonchev–Trinajstić information content (AvgIpc) is 3.29. The molecule has 0 amide bonds. The first kappa shape index (κ1) is 24.5. The number of rotatable bonds is 9. The van der Waals surface area contributed by atoms with E-state index in [4.69, 9.17) is 0 Å². The van der Waals surface area contributed by atoms with Gasteiger partial charge in [-0.15, -0.1) is 5.10 Å². The van der Waals surface area contributed by atoms with Crippen molar-refractivity contribution in [3.63, 3.8) is 0 Å². The second-order valence-electron chi connectivity index (χ2n) is 10.2. The highest BCUT2D eigenvalue weighted by molar-refractivity contribution is 5.80. The van der Waals surface area contributed by atoms with Crippen LogP contribution in [0.25, 0.3) is 10.9 Å². The van der Waals surface area contributed by atoms with Crippen LogP contribution in [0.15, 0.2) is 23.0 Å². The van der Waals surface area contributed by atoms with Crippen LogP contribution in [-0.4, -0.2) is 48.3 Å². The SMILES string of the molecule is Cc1cc2cc(CN(CCCO)[C@H](c3nnnn3C3CCCCC3)C(C)C)c(=O)[nH]c2cc1C. The highest BCUT2D eigenvalue weighted by atomic mass is 16.3. The number of aromatic amines is 1. The molecule has 1 saturated carbocycles. The molecule has 1 fully saturated rings. The second-order valence-corrected chi connectivity index (χ2v) is 10.2. The third-order valence-electron chi connectivity index (χ3n) is 7.24. The first-order chi connectivity index (χ1) is 16.4. The number of fused-ring (bicyclic) bond motifs is 1. The number of hydrogen-bond acceptors (Lipinski definition) is 6. The Bertz CT molecular complexity index is 1160. The molecular formula is C26H38N6O2. The molecule has 1 aliphatic carbocycles. The maximum absolute atomic E-state index is 13.1. The number of pyridine rings is 1. The standard InChI is InChI=1S/C26H38N6O2/c1-17(2)24(25-28-29-30-32(25)22-9-6-5-7-10-22)31(11-8-12-33)16-21-15-20-13-18(3)19(4)14-23(20)27-26(21)34/h13-15,17,22,24,33H,5-12,16H2,1-4H3,(H,27,34)/t24-/m0/s1. The van der Waals surface area contributed by atoms with Crippen molar-refractivity contribution in [3.05, 3.63) is 51.1 Å².